The molecule has 3 heteroatoms. The molecule has 1 radical (unpaired) electrons. The number of hydrogen-bond acceptors (Lipinski definition) is 1. The van der Waals surface area contributed by atoms with Crippen molar-refractivity contribution in [1.82, 2.24) is 0 Å². The normalized spacial score (nSPS) is 20.4. The molecule has 0 aromatic heterocycles. The number of nitrogens with zero attached hydrogens (tertiary/aromatic N) is 1. The van der Waals surface area contributed by atoms with Crippen molar-refractivity contribution in [3.8, 4) is 0 Å². The van der Waals surface area contributed by atoms with Crippen LogP contribution in [0.5, 0.6) is 0 Å². The van der Waals surface area contributed by atoms with Crippen molar-refractivity contribution in [2.45, 2.75) is 45.6 Å². The van der Waals surface area contributed by atoms with Crippen LogP contribution in [-0.4, -0.2) is 29.9 Å². The van der Waals surface area contributed by atoms with Gasteiger partial charge < -0.3 is 4.48 Å². The predicted molar refractivity (Wildman–Crippen MR) is 128 cm³/mol. The molecule has 2 unspecified atom stereocenters. The molecular weight excluding hydrogens is 467 g/mol. The second-order valence-electron chi connectivity index (χ2n) is 9.39. The van der Waals surface area contributed by atoms with Crippen LogP contribution in [0.1, 0.15) is 46.6 Å². The monoisotopic (exact) mass is 501 g/mol. The molecular formula is C29H34NOY+. The van der Waals surface area contributed by atoms with Crippen molar-refractivity contribution in [3.05, 3.63) is 107 Å². The minimum absolute atomic E-state index is 0. The van der Waals surface area contributed by atoms with Crippen LogP contribution in [0.15, 0.2) is 78.9 Å². The zero-order chi connectivity index (χ0) is 21.7. The number of ketones is 1. The number of hydrogen-bond donors (Lipinski definition) is 0. The molecule has 0 saturated carbocycles. The predicted octanol–water partition coefficient (Wildman–Crippen LogP) is 6.01. The molecule has 2 atom stereocenters. The van der Waals surface area contributed by atoms with E-state index >= 15 is 0 Å². The van der Waals surface area contributed by atoms with E-state index in [0.29, 0.717) is 24.7 Å². The molecule has 3 aromatic carbocycles. The summed E-state index contributed by atoms with van der Waals surface area (Å²) in [6.45, 7) is 7.91. The van der Waals surface area contributed by atoms with Gasteiger partial charge in [0.1, 0.15) is 13.1 Å². The van der Waals surface area contributed by atoms with Crippen molar-refractivity contribution < 1.29 is 42.0 Å². The Bertz CT molecular complexity index is 998. The second-order valence-corrected chi connectivity index (χ2v) is 9.39. The number of rotatable bonds is 7. The number of carbonyl (C=O) groups excluding carboxylic acids is 1. The molecule has 0 aliphatic carbocycles. The van der Waals surface area contributed by atoms with Crippen LogP contribution in [0, 0.1) is 13.8 Å². The summed E-state index contributed by atoms with van der Waals surface area (Å²) in [5.74, 6) is 0.883. The molecule has 0 N–H and O–H groups in total. The van der Waals surface area contributed by atoms with Gasteiger partial charge in [0.05, 0.1) is 13.1 Å². The summed E-state index contributed by atoms with van der Waals surface area (Å²) in [5.41, 5.74) is 6.41. The molecule has 1 fully saturated rings. The molecule has 1 aliphatic rings. The number of benzene rings is 3. The van der Waals surface area contributed by atoms with Gasteiger partial charge in [0.2, 0.25) is 0 Å². The zero-order valence-electron chi connectivity index (χ0n) is 19.5. The van der Waals surface area contributed by atoms with Gasteiger partial charge >= 0.3 is 0 Å². The molecule has 0 amide bonds. The number of Topliss-reactive ketones (excluding diaryl/α,β-unsaturated/α-hetero) is 1. The topological polar surface area (TPSA) is 17.1 Å². The largest absolute Gasteiger partial charge is 0.313 e. The molecule has 163 valence electrons. The van der Waals surface area contributed by atoms with E-state index in [1.165, 1.54) is 40.7 Å². The first-order valence-corrected chi connectivity index (χ1v) is 11.6. The van der Waals surface area contributed by atoms with Crippen LogP contribution in [0.3, 0.4) is 0 Å². The summed E-state index contributed by atoms with van der Waals surface area (Å²) in [6.07, 6.45) is 2.93. The fraction of sp³-hybridized carbons (Fsp3) is 0.345. The fourth-order valence-corrected chi connectivity index (χ4v) is 5.39. The molecule has 0 bridgehead atoms. The van der Waals surface area contributed by atoms with Crippen molar-refractivity contribution in [1.29, 1.82) is 0 Å². The summed E-state index contributed by atoms with van der Waals surface area (Å²) < 4.78 is 0.868. The SMILES string of the molecule is Cc1cccc(C)c1CC(=O)C[N+]1(Cc2ccccc2)CCCC(c2ccccc2)C1.[Y]. The third kappa shape index (κ3) is 6.25. The van der Waals surface area contributed by atoms with Crippen molar-refractivity contribution in [2.75, 3.05) is 19.6 Å². The van der Waals surface area contributed by atoms with Crippen LogP contribution in [0.2, 0.25) is 0 Å². The van der Waals surface area contributed by atoms with Gasteiger partial charge in [0.15, 0.2) is 5.78 Å². The third-order valence-electron chi connectivity index (χ3n) is 6.95. The van der Waals surface area contributed by atoms with E-state index in [1.807, 2.05) is 0 Å². The standard InChI is InChI=1S/C29H34NO.Y/c1-23-11-9-12-24(2)29(23)19-28(31)22-30(20-25-13-5-3-6-14-25)18-10-17-27(21-30)26-15-7-4-8-16-26;/h3-9,11-16,27H,10,17-22H2,1-2H3;/q+1;. The molecule has 2 nitrogen and oxygen atoms in total. The third-order valence-corrected chi connectivity index (χ3v) is 6.95. The first kappa shape index (κ1) is 25.0. The van der Waals surface area contributed by atoms with E-state index in [2.05, 4.69) is 92.7 Å². The molecule has 0 spiro atoms. The number of carbonyl (C=O) groups is 1. The van der Waals surface area contributed by atoms with Gasteiger partial charge in [-0.15, -0.1) is 0 Å². The maximum Gasteiger partial charge on any atom is 0.191 e. The Morgan fingerprint density at radius 3 is 2.16 bits per heavy atom. The van der Waals surface area contributed by atoms with Gasteiger partial charge in [-0.2, -0.15) is 0 Å². The Morgan fingerprint density at radius 1 is 0.875 bits per heavy atom. The summed E-state index contributed by atoms with van der Waals surface area (Å²) in [7, 11) is 0. The van der Waals surface area contributed by atoms with Crippen molar-refractivity contribution in [3.63, 3.8) is 0 Å². The fourth-order valence-electron chi connectivity index (χ4n) is 5.39. The van der Waals surface area contributed by atoms with Gasteiger partial charge in [-0.3, -0.25) is 4.79 Å². The van der Waals surface area contributed by atoms with Gasteiger partial charge in [-0.05, 0) is 48.9 Å². The maximum absolute atomic E-state index is 13.4. The average Bonchev–Trinajstić information content (AvgIpc) is 2.78. The first-order valence-electron chi connectivity index (χ1n) is 11.6. The van der Waals surface area contributed by atoms with Crippen LogP contribution in [-0.2, 0) is 50.5 Å². The van der Waals surface area contributed by atoms with Crippen LogP contribution < -0.4 is 0 Å². The zero-order valence-corrected chi connectivity index (χ0v) is 22.3. The van der Waals surface area contributed by atoms with E-state index in [9.17, 15) is 4.79 Å². The molecule has 1 saturated heterocycles. The Kier molecular flexibility index (Phi) is 8.99. The first-order chi connectivity index (χ1) is 15.0. The Balaban J connectivity index is 0.00000289. The minimum atomic E-state index is 0. The van der Waals surface area contributed by atoms with E-state index in [-0.39, 0.29) is 32.7 Å². The van der Waals surface area contributed by atoms with E-state index in [0.717, 1.165) is 24.1 Å². The summed E-state index contributed by atoms with van der Waals surface area (Å²) in [6, 6.07) is 27.9. The van der Waals surface area contributed by atoms with E-state index in [4.69, 9.17) is 0 Å². The van der Waals surface area contributed by atoms with Crippen LogP contribution >= 0.6 is 0 Å². The summed E-state index contributed by atoms with van der Waals surface area (Å²) in [4.78, 5) is 13.4. The van der Waals surface area contributed by atoms with Crippen molar-refractivity contribution >= 4 is 5.78 Å². The second kappa shape index (κ2) is 11.5. The molecule has 4 rings (SSSR count). The summed E-state index contributed by atoms with van der Waals surface area (Å²) >= 11 is 0. The minimum Gasteiger partial charge on any atom is -0.313 e. The number of quaternary nitrogens is 1. The number of aryl methyl sites for hydroxylation is 2. The molecule has 32 heavy (non-hydrogen) atoms. The van der Waals surface area contributed by atoms with Gasteiger partial charge in [0.25, 0.3) is 0 Å². The molecule has 3 aromatic rings. The quantitative estimate of drug-likeness (QED) is 0.363. The van der Waals surface area contributed by atoms with Gasteiger partial charge in [-0.1, -0.05) is 78.9 Å². The molecule has 1 aliphatic heterocycles. The van der Waals surface area contributed by atoms with E-state index < -0.39 is 0 Å². The Labute approximate surface area is 218 Å². The van der Waals surface area contributed by atoms with Gasteiger partial charge in [-0.25, -0.2) is 0 Å². The summed E-state index contributed by atoms with van der Waals surface area (Å²) in [5, 5.41) is 0. The number of likely N-dealkylation sites (tertiary alicyclic amines) is 1. The van der Waals surface area contributed by atoms with Gasteiger partial charge in [0, 0.05) is 50.6 Å². The molecule has 1 heterocycles. The van der Waals surface area contributed by atoms with Crippen LogP contribution in [0.25, 0.3) is 0 Å². The van der Waals surface area contributed by atoms with E-state index in [1.54, 1.807) is 0 Å². The van der Waals surface area contributed by atoms with Crippen molar-refractivity contribution in [2.24, 2.45) is 0 Å². The van der Waals surface area contributed by atoms with Crippen LogP contribution in [0.4, 0.5) is 0 Å². The average molecular weight is 502 g/mol. The maximum atomic E-state index is 13.4. The smallest absolute Gasteiger partial charge is 0.191 e. The number of piperidine rings is 1. The Hall–Kier alpha value is -1.61. The Morgan fingerprint density at radius 2 is 1.50 bits per heavy atom.